The fourth-order valence-electron chi connectivity index (χ4n) is 5.56. The van der Waals surface area contributed by atoms with E-state index in [4.69, 9.17) is 9.97 Å². The summed E-state index contributed by atoms with van der Waals surface area (Å²) in [7, 11) is 0. The molecule has 0 saturated carbocycles. The molecule has 0 amide bonds. The van der Waals surface area contributed by atoms with Gasteiger partial charge in [-0.05, 0) is 46.7 Å². The van der Waals surface area contributed by atoms with Crippen LogP contribution >= 0.6 is 0 Å². The number of rotatable bonds is 4. The van der Waals surface area contributed by atoms with Gasteiger partial charge in [-0.2, -0.15) is 0 Å². The molecule has 5 nitrogen and oxygen atoms in total. The molecule has 41 heavy (non-hydrogen) atoms. The van der Waals surface area contributed by atoms with Gasteiger partial charge < -0.3 is 0 Å². The Morgan fingerprint density at radius 2 is 1.17 bits per heavy atom. The van der Waals surface area contributed by atoms with Gasteiger partial charge in [-0.15, -0.1) is 0 Å². The summed E-state index contributed by atoms with van der Waals surface area (Å²) in [5.74, 6) is 1.36. The van der Waals surface area contributed by atoms with Crippen molar-refractivity contribution >= 4 is 32.6 Å². The second kappa shape index (κ2) is 9.50. The minimum absolute atomic E-state index is 0.643. The van der Waals surface area contributed by atoms with Gasteiger partial charge in [0.2, 0.25) is 5.95 Å². The Hall–Kier alpha value is -5.68. The van der Waals surface area contributed by atoms with Crippen LogP contribution in [-0.2, 0) is 0 Å². The zero-order valence-electron chi connectivity index (χ0n) is 22.0. The Balaban J connectivity index is 1.22. The van der Waals surface area contributed by atoms with Crippen LogP contribution in [0, 0.1) is 0 Å². The van der Waals surface area contributed by atoms with E-state index in [1.54, 1.807) is 0 Å². The number of nitrogens with zero attached hydrogens (tertiary/aromatic N) is 5. The zero-order valence-corrected chi connectivity index (χ0v) is 22.0. The topological polar surface area (TPSA) is 56.5 Å². The molecule has 8 aromatic rings. The first-order valence-electron chi connectivity index (χ1n) is 13.6. The van der Waals surface area contributed by atoms with Crippen molar-refractivity contribution in [3.05, 3.63) is 140 Å². The van der Waals surface area contributed by atoms with Crippen molar-refractivity contribution in [2.45, 2.75) is 0 Å². The quantitative estimate of drug-likeness (QED) is 0.231. The zero-order chi connectivity index (χ0) is 27.2. The van der Waals surface area contributed by atoms with Crippen molar-refractivity contribution in [3.63, 3.8) is 0 Å². The van der Waals surface area contributed by atoms with Crippen molar-refractivity contribution < 1.29 is 0 Å². The summed E-state index contributed by atoms with van der Waals surface area (Å²) in [4.78, 5) is 19.0. The van der Waals surface area contributed by atoms with Gasteiger partial charge in [0, 0.05) is 46.1 Å². The average molecular weight is 526 g/mol. The molecular weight excluding hydrogens is 502 g/mol. The third-order valence-electron chi connectivity index (χ3n) is 7.56. The minimum Gasteiger partial charge on any atom is -0.278 e. The molecule has 0 fully saturated rings. The van der Waals surface area contributed by atoms with Crippen molar-refractivity contribution in [1.82, 2.24) is 24.5 Å². The molecule has 192 valence electrons. The van der Waals surface area contributed by atoms with Gasteiger partial charge in [0.05, 0.1) is 16.7 Å². The SMILES string of the molecule is c1ccc(-c2ncc(-c3cccc(-c4ccnc(-n5c6ccccc6c6cc7ccccc7cc65)n4)c3)cn2)cc1. The van der Waals surface area contributed by atoms with E-state index in [2.05, 4.69) is 93.4 Å². The van der Waals surface area contributed by atoms with Crippen molar-refractivity contribution in [3.8, 4) is 39.7 Å². The Kier molecular flexibility index (Phi) is 5.38. The molecule has 5 aromatic carbocycles. The lowest BCUT2D eigenvalue weighted by atomic mass is 10.0. The number of para-hydroxylation sites is 1. The van der Waals surface area contributed by atoms with Crippen molar-refractivity contribution in [1.29, 1.82) is 0 Å². The molecule has 0 spiro atoms. The van der Waals surface area contributed by atoms with Gasteiger partial charge in [0.25, 0.3) is 0 Å². The maximum absolute atomic E-state index is 5.07. The highest BCUT2D eigenvalue weighted by Crippen LogP contribution is 2.34. The molecule has 0 N–H and O–H groups in total. The molecule has 0 aliphatic carbocycles. The van der Waals surface area contributed by atoms with Gasteiger partial charge in [0.1, 0.15) is 0 Å². The first-order chi connectivity index (χ1) is 20.3. The standard InChI is InChI=1S/C36H23N5/c1-2-9-24(10-3-1)35-38-22-29(23-39-35)25-13-8-14-28(19-25)32-17-18-37-36(40-32)41-33-16-7-6-15-30(33)31-20-26-11-4-5-12-27(26)21-34(31)41/h1-23H. The Morgan fingerprint density at radius 1 is 0.463 bits per heavy atom. The van der Waals surface area contributed by atoms with Crippen LogP contribution in [0.4, 0.5) is 0 Å². The number of benzene rings is 5. The van der Waals surface area contributed by atoms with E-state index in [1.807, 2.05) is 61.1 Å². The van der Waals surface area contributed by atoms with Gasteiger partial charge in [0.15, 0.2) is 5.82 Å². The number of fused-ring (bicyclic) bond motifs is 4. The van der Waals surface area contributed by atoms with E-state index < -0.39 is 0 Å². The predicted octanol–water partition coefficient (Wildman–Crippen LogP) is 8.52. The number of aromatic nitrogens is 5. The summed E-state index contributed by atoms with van der Waals surface area (Å²) in [6.45, 7) is 0. The third kappa shape index (κ3) is 4.03. The van der Waals surface area contributed by atoms with Gasteiger partial charge >= 0.3 is 0 Å². The molecule has 3 aromatic heterocycles. The summed E-state index contributed by atoms with van der Waals surface area (Å²) in [6.07, 6.45) is 5.59. The summed E-state index contributed by atoms with van der Waals surface area (Å²) >= 11 is 0. The largest absolute Gasteiger partial charge is 0.278 e. The highest BCUT2D eigenvalue weighted by Gasteiger charge is 2.15. The molecule has 3 heterocycles. The van der Waals surface area contributed by atoms with Crippen molar-refractivity contribution in [2.75, 3.05) is 0 Å². The van der Waals surface area contributed by atoms with Crippen LogP contribution in [0.1, 0.15) is 0 Å². The van der Waals surface area contributed by atoms with Crippen LogP contribution in [0.25, 0.3) is 72.3 Å². The van der Waals surface area contributed by atoms with Crippen LogP contribution in [-0.4, -0.2) is 24.5 Å². The third-order valence-corrected chi connectivity index (χ3v) is 7.56. The highest BCUT2D eigenvalue weighted by molar-refractivity contribution is 6.13. The Labute approximate surface area is 236 Å². The average Bonchev–Trinajstić information content (AvgIpc) is 3.37. The summed E-state index contributed by atoms with van der Waals surface area (Å²) in [6, 6.07) is 41.7. The van der Waals surface area contributed by atoms with Crippen LogP contribution in [0.2, 0.25) is 0 Å². The van der Waals surface area contributed by atoms with Crippen LogP contribution in [0.3, 0.4) is 0 Å². The van der Waals surface area contributed by atoms with E-state index in [1.165, 1.54) is 21.5 Å². The van der Waals surface area contributed by atoms with Gasteiger partial charge in [-0.25, -0.2) is 19.9 Å². The number of hydrogen-bond donors (Lipinski definition) is 0. The predicted molar refractivity (Wildman–Crippen MR) is 166 cm³/mol. The fourth-order valence-corrected chi connectivity index (χ4v) is 5.56. The first kappa shape index (κ1) is 23.2. The molecule has 5 heteroatoms. The Bertz CT molecular complexity index is 2200. The van der Waals surface area contributed by atoms with E-state index in [0.717, 1.165) is 39.0 Å². The van der Waals surface area contributed by atoms with Crippen LogP contribution in [0.15, 0.2) is 140 Å². The van der Waals surface area contributed by atoms with E-state index in [-0.39, 0.29) is 0 Å². The normalized spacial score (nSPS) is 11.4. The summed E-state index contributed by atoms with van der Waals surface area (Å²) in [5.41, 5.74) is 7.01. The molecule has 0 aliphatic heterocycles. The monoisotopic (exact) mass is 525 g/mol. The summed E-state index contributed by atoms with van der Waals surface area (Å²) in [5, 5.41) is 4.78. The second-order valence-electron chi connectivity index (χ2n) is 10.1. The first-order valence-corrected chi connectivity index (χ1v) is 13.6. The molecule has 0 unspecified atom stereocenters. The smallest absolute Gasteiger partial charge is 0.235 e. The van der Waals surface area contributed by atoms with Crippen LogP contribution in [0.5, 0.6) is 0 Å². The maximum Gasteiger partial charge on any atom is 0.235 e. The minimum atomic E-state index is 0.643. The maximum atomic E-state index is 5.07. The lowest BCUT2D eigenvalue weighted by molar-refractivity contribution is 0.992. The molecule has 0 bridgehead atoms. The van der Waals surface area contributed by atoms with E-state index in [0.29, 0.717) is 11.8 Å². The lowest BCUT2D eigenvalue weighted by Crippen LogP contribution is -2.01. The molecule has 8 rings (SSSR count). The molecule has 0 radical (unpaired) electrons. The van der Waals surface area contributed by atoms with E-state index >= 15 is 0 Å². The second-order valence-corrected chi connectivity index (χ2v) is 10.1. The van der Waals surface area contributed by atoms with Gasteiger partial charge in [-0.1, -0.05) is 91.0 Å². The van der Waals surface area contributed by atoms with Crippen LogP contribution < -0.4 is 0 Å². The van der Waals surface area contributed by atoms with Crippen molar-refractivity contribution in [2.24, 2.45) is 0 Å². The molecular formula is C36H23N5. The van der Waals surface area contributed by atoms with E-state index in [9.17, 15) is 0 Å². The highest BCUT2D eigenvalue weighted by atomic mass is 15.2. The van der Waals surface area contributed by atoms with Gasteiger partial charge in [-0.3, -0.25) is 4.57 Å². The molecule has 0 saturated heterocycles. The molecule has 0 aliphatic rings. The summed E-state index contributed by atoms with van der Waals surface area (Å²) < 4.78 is 2.17. The molecule has 0 atom stereocenters. The fraction of sp³-hybridized carbons (Fsp3) is 0. The lowest BCUT2D eigenvalue weighted by Gasteiger charge is -2.10. The Morgan fingerprint density at radius 3 is 2.02 bits per heavy atom. The number of hydrogen-bond acceptors (Lipinski definition) is 4.